The fourth-order valence-electron chi connectivity index (χ4n) is 5.72. The summed E-state index contributed by atoms with van der Waals surface area (Å²) < 4.78 is 0. The van der Waals surface area contributed by atoms with Crippen molar-refractivity contribution in [3.8, 4) is 0 Å². The lowest BCUT2D eigenvalue weighted by Crippen LogP contribution is -2.51. The van der Waals surface area contributed by atoms with Gasteiger partial charge in [-0.3, -0.25) is 14.7 Å². The maximum Gasteiger partial charge on any atom is 0.254 e. The van der Waals surface area contributed by atoms with Gasteiger partial charge in [0.25, 0.3) is 5.91 Å². The van der Waals surface area contributed by atoms with Crippen LogP contribution in [0.15, 0.2) is 54.7 Å². The summed E-state index contributed by atoms with van der Waals surface area (Å²) in [5.41, 5.74) is 2.91. The number of para-hydroxylation sites is 1. The number of carbonyl (C=O) groups is 1. The molecule has 0 radical (unpaired) electrons. The maximum atomic E-state index is 13.3. The van der Waals surface area contributed by atoms with E-state index in [9.17, 15) is 4.79 Å². The van der Waals surface area contributed by atoms with Crippen molar-refractivity contribution in [2.24, 2.45) is 11.8 Å². The molecule has 3 heterocycles. The summed E-state index contributed by atoms with van der Waals surface area (Å²) in [5.74, 6) is 1.42. The average Bonchev–Trinajstić information content (AvgIpc) is 2.87. The Balaban J connectivity index is 1.16. The molecule has 34 heavy (non-hydrogen) atoms. The normalized spacial score (nSPS) is 22.3. The molecular weight excluding hydrogens is 465 g/mol. The molecule has 2 fully saturated rings. The number of benzene rings is 2. The minimum Gasteiger partial charge on any atom is -0.339 e. The lowest BCUT2D eigenvalue weighted by atomic mass is 9.81. The van der Waals surface area contributed by atoms with Crippen LogP contribution in [0.2, 0.25) is 10.0 Å². The highest BCUT2D eigenvalue weighted by atomic mass is 35.5. The van der Waals surface area contributed by atoms with Crippen molar-refractivity contribution in [3.63, 3.8) is 0 Å². The number of piperidine rings is 2. The number of rotatable bonds is 4. The van der Waals surface area contributed by atoms with E-state index >= 15 is 0 Å². The molecule has 1 aromatic heterocycles. The van der Waals surface area contributed by atoms with Gasteiger partial charge < -0.3 is 4.90 Å². The summed E-state index contributed by atoms with van der Waals surface area (Å²) in [6.45, 7) is 6.26. The van der Waals surface area contributed by atoms with Crippen LogP contribution >= 0.6 is 23.2 Å². The van der Waals surface area contributed by atoms with E-state index in [2.05, 4.69) is 22.9 Å². The summed E-state index contributed by atoms with van der Waals surface area (Å²) in [4.78, 5) is 22.4. The van der Waals surface area contributed by atoms with Crippen LogP contribution < -0.4 is 0 Å². The van der Waals surface area contributed by atoms with Gasteiger partial charge in [-0.2, -0.15) is 0 Å². The van der Waals surface area contributed by atoms with E-state index in [4.69, 9.17) is 23.2 Å². The molecule has 1 amide bonds. The molecule has 2 saturated heterocycles. The number of pyridine rings is 1. The second kappa shape index (κ2) is 10.2. The minimum atomic E-state index is 0.130. The fourth-order valence-corrected chi connectivity index (χ4v) is 6.04. The van der Waals surface area contributed by atoms with Crippen LogP contribution in [0.3, 0.4) is 0 Å². The number of hydrogen-bond donors (Lipinski definition) is 0. The molecule has 2 aliphatic rings. The highest BCUT2D eigenvalue weighted by Crippen LogP contribution is 2.32. The van der Waals surface area contributed by atoms with E-state index in [0.29, 0.717) is 27.9 Å². The SMILES string of the molecule is CC1CN(C2CCN(C(=O)c3ccnc4ccccc34)CC2)CCC1Cc1ccc(Cl)c(Cl)c1. The third-order valence-corrected chi connectivity index (χ3v) is 8.48. The van der Waals surface area contributed by atoms with E-state index in [0.717, 1.165) is 61.9 Å². The van der Waals surface area contributed by atoms with Crippen molar-refractivity contribution in [3.05, 3.63) is 75.9 Å². The second-order valence-electron chi connectivity index (χ2n) is 9.87. The average molecular weight is 496 g/mol. The predicted molar refractivity (Wildman–Crippen MR) is 140 cm³/mol. The molecule has 0 saturated carbocycles. The van der Waals surface area contributed by atoms with E-state index < -0.39 is 0 Å². The lowest BCUT2D eigenvalue weighted by molar-refractivity contribution is 0.0437. The van der Waals surface area contributed by atoms with Gasteiger partial charge in [0.2, 0.25) is 0 Å². The smallest absolute Gasteiger partial charge is 0.254 e. The van der Waals surface area contributed by atoms with Crippen molar-refractivity contribution in [1.82, 2.24) is 14.8 Å². The summed E-state index contributed by atoms with van der Waals surface area (Å²) >= 11 is 12.3. The van der Waals surface area contributed by atoms with Crippen LogP contribution in [-0.2, 0) is 6.42 Å². The number of fused-ring (bicyclic) bond motifs is 1. The van der Waals surface area contributed by atoms with E-state index in [1.54, 1.807) is 6.20 Å². The van der Waals surface area contributed by atoms with Crippen LogP contribution in [0.4, 0.5) is 0 Å². The Bertz CT molecular complexity index is 1170. The van der Waals surface area contributed by atoms with Gasteiger partial charge in [-0.1, -0.05) is 54.4 Å². The Labute approximate surface area is 211 Å². The number of halogens is 2. The number of likely N-dealkylation sites (tertiary alicyclic amines) is 2. The van der Waals surface area contributed by atoms with E-state index in [1.165, 1.54) is 12.0 Å². The van der Waals surface area contributed by atoms with Crippen molar-refractivity contribution in [2.45, 2.75) is 38.6 Å². The van der Waals surface area contributed by atoms with Gasteiger partial charge in [0.15, 0.2) is 0 Å². The molecule has 4 nitrogen and oxygen atoms in total. The maximum absolute atomic E-state index is 13.3. The third kappa shape index (κ3) is 4.95. The lowest BCUT2D eigenvalue weighted by Gasteiger charge is -2.44. The number of hydrogen-bond acceptors (Lipinski definition) is 3. The molecule has 0 aliphatic carbocycles. The summed E-state index contributed by atoms with van der Waals surface area (Å²) in [6, 6.07) is 16.3. The van der Waals surface area contributed by atoms with Crippen molar-refractivity contribution in [2.75, 3.05) is 26.2 Å². The Morgan fingerprint density at radius 2 is 1.79 bits per heavy atom. The van der Waals surface area contributed by atoms with Crippen molar-refractivity contribution < 1.29 is 4.79 Å². The first kappa shape index (κ1) is 23.6. The second-order valence-corrected chi connectivity index (χ2v) is 10.7. The molecule has 2 aromatic carbocycles. The predicted octanol–water partition coefficient (Wildman–Crippen LogP) is 6.35. The zero-order valence-electron chi connectivity index (χ0n) is 19.6. The summed E-state index contributed by atoms with van der Waals surface area (Å²) in [5, 5.41) is 2.20. The largest absolute Gasteiger partial charge is 0.339 e. The number of carbonyl (C=O) groups excluding carboxylic acids is 1. The molecule has 2 aliphatic heterocycles. The zero-order chi connectivity index (χ0) is 23.7. The van der Waals surface area contributed by atoms with Gasteiger partial charge in [0.1, 0.15) is 0 Å². The monoisotopic (exact) mass is 495 g/mol. The number of aromatic nitrogens is 1. The van der Waals surface area contributed by atoms with Crippen LogP contribution in [-0.4, -0.2) is 52.9 Å². The molecule has 3 aromatic rings. The number of amides is 1. The first-order chi connectivity index (χ1) is 16.5. The molecule has 6 heteroatoms. The van der Waals surface area contributed by atoms with Crippen molar-refractivity contribution >= 4 is 40.0 Å². The van der Waals surface area contributed by atoms with Gasteiger partial charge in [0, 0.05) is 37.3 Å². The Morgan fingerprint density at radius 1 is 1.00 bits per heavy atom. The highest BCUT2D eigenvalue weighted by molar-refractivity contribution is 6.42. The van der Waals surface area contributed by atoms with Crippen LogP contribution in [0.5, 0.6) is 0 Å². The molecule has 0 spiro atoms. The van der Waals surface area contributed by atoms with Gasteiger partial charge >= 0.3 is 0 Å². The van der Waals surface area contributed by atoms with Gasteiger partial charge in [-0.25, -0.2) is 0 Å². The van der Waals surface area contributed by atoms with Gasteiger partial charge in [0.05, 0.1) is 21.1 Å². The Kier molecular flexibility index (Phi) is 7.10. The Hall–Kier alpha value is -2.14. The third-order valence-electron chi connectivity index (χ3n) is 7.74. The summed E-state index contributed by atoms with van der Waals surface area (Å²) in [7, 11) is 0. The summed E-state index contributed by atoms with van der Waals surface area (Å²) in [6.07, 6.45) is 6.08. The molecule has 0 bridgehead atoms. The quantitative estimate of drug-likeness (QED) is 0.423. The zero-order valence-corrected chi connectivity index (χ0v) is 21.1. The van der Waals surface area contributed by atoms with E-state index in [-0.39, 0.29) is 5.91 Å². The Morgan fingerprint density at radius 3 is 2.56 bits per heavy atom. The standard InChI is InChI=1S/C28H31Cl2N3O/c1-19-18-33(13-9-21(19)16-20-6-7-25(29)26(30)17-20)22-10-14-32(15-11-22)28(34)24-8-12-31-27-5-3-2-4-23(24)27/h2-8,12,17,19,21-22H,9-11,13-16,18H2,1H3. The number of nitrogens with zero attached hydrogens (tertiary/aromatic N) is 3. The molecule has 2 atom stereocenters. The fraction of sp³-hybridized carbons (Fsp3) is 0.429. The van der Waals surface area contributed by atoms with Gasteiger partial charge in [-0.05, 0) is 73.9 Å². The van der Waals surface area contributed by atoms with Crippen LogP contribution in [0.1, 0.15) is 42.1 Å². The van der Waals surface area contributed by atoms with Crippen LogP contribution in [0.25, 0.3) is 10.9 Å². The first-order valence-electron chi connectivity index (χ1n) is 12.3. The molecule has 5 rings (SSSR count). The van der Waals surface area contributed by atoms with Gasteiger partial charge in [-0.15, -0.1) is 0 Å². The molecule has 178 valence electrons. The highest BCUT2D eigenvalue weighted by Gasteiger charge is 2.33. The molecular formula is C28H31Cl2N3O. The van der Waals surface area contributed by atoms with E-state index in [1.807, 2.05) is 47.4 Å². The molecule has 0 N–H and O–H groups in total. The molecule has 2 unspecified atom stereocenters. The first-order valence-corrected chi connectivity index (χ1v) is 13.1. The topological polar surface area (TPSA) is 36.4 Å². The van der Waals surface area contributed by atoms with Crippen molar-refractivity contribution in [1.29, 1.82) is 0 Å². The minimum absolute atomic E-state index is 0.130. The van der Waals surface area contributed by atoms with Crippen LogP contribution in [0, 0.1) is 11.8 Å².